The lowest BCUT2D eigenvalue weighted by atomic mass is 10.00. The van der Waals surface area contributed by atoms with Gasteiger partial charge >= 0.3 is 0 Å². The van der Waals surface area contributed by atoms with Crippen molar-refractivity contribution in [2.45, 2.75) is 0 Å². The van der Waals surface area contributed by atoms with E-state index >= 15 is 0 Å². The molecule has 1 aliphatic carbocycles. The fourth-order valence-corrected chi connectivity index (χ4v) is 1.88. The number of hydrogen-bond donors (Lipinski definition) is 0. The molecule has 0 aliphatic heterocycles. The summed E-state index contributed by atoms with van der Waals surface area (Å²) in [5, 5.41) is 17.5. The molecular formula is C13H3F3N2O. The first-order valence-electron chi connectivity index (χ1n) is 4.90. The lowest BCUT2D eigenvalue weighted by Gasteiger charge is -2.03. The fraction of sp³-hybridized carbons (Fsp3) is 0. The molecule has 0 amide bonds. The summed E-state index contributed by atoms with van der Waals surface area (Å²) in [7, 11) is 0. The van der Waals surface area contributed by atoms with Crippen molar-refractivity contribution in [2.75, 3.05) is 0 Å². The minimum absolute atomic E-state index is 0.256. The molecule has 0 saturated carbocycles. The Labute approximate surface area is 105 Å². The summed E-state index contributed by atoms with van der Waals surface area (Å²) in [5.74, 6) is -5.30. The first kappa shape index (κ1) is 12.6. The molecule has 1 aromatic carbocycles. The van der Waals surface area contributed by atoms with Gasteiger partial charge in [0.15, 0.2) is 17.4 Å². The van der Waals surface area contributed by atoms with Gasteiger partial charge in [-0.1, -0.05) is 6.58 Å². The molecule has 0 N–H and O–H groups in total. The molecule has 0 heterocycles. The van der Waals surface area contributed by atoms with Crippen molar-refractivity contribution in [1.29, 1.82) is 10.5 Å². The minimum Gasteiger partial charge on any atom is -0.288 e. The maximum Gasteiger partial charge on any atom is 0.196 e. The van der Waals surface area contributed by atoms with Gasteiger partial charge in [0.1, 0.15) is 23.5 Å². The van der Waals surface area contributed by atoms with Crippen molar-refractivity contribution in [1.82, 2.24) is 0 Å². The van der Waals surface area contributed by atoms with Crippen LogP contribution in [-0.4, -0.2) is 5.78 Å². The molecule has 1 aliphatic rings. The standard InChI is InChI=1S/C13H3F3N2O/c1-5-9(6(3-17)4-18)10-7(14)2-8(15)12(16)11(10)13(5)19/h2H,1H2. The van der Waals surface area contributed by atoms with Gasteiger partial charge < -0.3 is 0 Å². The Morgan fingerprint density at radius 3 is 2.21 bits per heavy atom. The van der Waals surface area contributed by atoms with Crippen LogP contribution in [0.25, 0.3) is 5.57 Å². The van der Waals surface area contributed by atoms with Crippen LogP contribution in [0, 0.1) is 40.1 Å². The molecule has 0 fully saturated rings. The van der Waals surface area contributed by atoms with Crippen LogP contribution in [0.2, 0.25) is 0 Å². The van der Waals surface area contributed by atoms with Gasteiger partial charge in [-0.25, -0.2) is 13.2 Å². The minimum atomic E-state index is -1.52. The quantitative estimate of drug-likeness (QED) is 0.409. The number of carbonyl (C=O) groups excluding carboxylic acids is 1. The number of nitrogens with zero attached hydrogens (tertiary/aromatic N) is 2. The molecule has 0 atom stereocenters. The van der Waals surface area contributed by atoms with Gasteiger partial charge in [-0.3, -0.25) is 4.79 Å². The highest BCUT2D eigenvalue weighted by Crippen LogP contribution is 2.41. The molecule has 2 rings (SSSR count). The molecule has 1 aromatic rings. The van der Waals surface area contributed by atoms with Crippen LogP contribution >= 0.6 is 0 Å². The van der Waals surface area contributed by atoms with Crippen LogP contribution in [0.3, 0.4) is 0 Å². The second-order valence-electron chi connectivity index (χ2n) is 3.69. The molecule has 3 nitrogen and oxygen atoms in total. The molecule has 19 heavy (non-hydrogen) atoms. The summed E-state index contributed by atoms with van der Waals surface area (Å²) in [4.78, 5) is 11.7. The van der Waals surface area contributed by atoms with Crippen molar-refractivity contribution >= 4 is 11.4 Å². The van der Waals surface area contributed by atoms with Crippen LogP contribution in [0.5, 0.6) is 0 Å². The van der Waals surface area contributed by atoms with E-state index in [-0.39, 0.29) is 11.6 Å². The van der Waals surface area contributed by atoms with Crippen LogP contribution in [0.1, 0.15) is 15.9 Å². The lowest BCUT2D eigenvalue weighted by molar-refractivity contribution is 0.103. The largest absolute Gasteiger partial charge is 0.288 e. The summed E-state index contributed by atoms with van der Waals surface area (Å²) in [6.07, 6.45) is 0. The fourth-order valence-electron chi connectivity index (χ4n) is 1.88. The van der Waals surface area contributed by atoms with Gasteiger partial charge in [0.25, 0.3) is 0 Å². The van der Waals surface area contributed by atoms with Crippen molar-refractivity contribution in [3.8, 4) is 12.1 Å². The molecule has 92 valence electrons. The summed E-state index contributed by atoms with van der Waals surface area (Å²) < 4.78 is 40.4. The maximum atomic E-state index is 13.7. The van der Waals surface area contributed by atoms with Crippen LogP contribution in [0.4, 0.5) is 13.2 Å². The van der Waals surface area contributed by atoms with E-state index in [1.54, 1.807) is 0 Å². The Morgan fingerprint density at radius 1 is 1.11 bits per heavy atom. The molecule has 0 saturated heterocycles. The molecule has 0 radical (unpaired) electrons. The van der Waals surface area contributed by atoms with Gasteiger partial charge in [-0.05, 0) is 0 Å². The number of allylic oxidation sites excluding steroid dienone is 3. The third-order valence-electron chi connectivity index (χ3n) is 2.70. The first-order chi connectivity index (χ1) is 8.93. The molecule has 0 aromatic heterocycles. The van der Waals surface area contributed by atoms with Crippen LogP contribution in [-0.2, 0) is 0 Å². The number of nitriles is 2. The van der Waals surface area contributed by atoms with Gasteiger partial charge in [0.05, 0.1) is 5.56 Å². The second kappa shape index (κ2) is 4.11. The summed E-state index contributed by atoms with van der Waals surface area (Å²) in [6.45, 7) is 3.29. The zero-order valence-corrected chi connectivity index (χ0v) is 9.22. The predicted octanol–water partition coefficient (Wildman–Crippen LogP) is 2.66. The average Bonchev–Trinajstić information content (AvgIpc) is 2.63. The Morgan fingerprint density at radius 2 is 1.68 bits per heavy atom. The van der Waals surface area contributed by atoms with E-state index < -0.39 is 45.5 Å². The summed E-state index contributed by atoms with van der Waals surface area (Å²) >= 11 is 0. The second-order valence-corrected chi connectivity index (χ2v) is 3.69. The zero-order valence-electron chi connectivity index (χ0n) is 9.22. The van der Waals surface area contributed by atoms with Crippen molar-refractivity contribution < 1.29 is 18.0 Å². The van der Waals surface area contributed by atoms with Crippen LogP contribution < -0.4 is 0 Å². The number of fused-ring (bicyclic) bond motifs is 1. The highest BCUT2D eigenvalue weighted by molar-refractivity contribution is 6.27. The summed E-state index contributed by atoms with van der Waals surface area (Å²) in [6, 6.07) is 3.20. The van der Waals surface area contributed by atoms with Crippen molar-refractivity contribution in [3.05, 3.63) is 52.4 Å². The third kappa shape index (κ3) is 1.54. The third-order valence-corrected chi connectivity index (χ3v) is 2.70. The number of rotatable bonds is 0. The highest BCUT2D eigenvalue weighted by atomic mass is 19.2. The van der Waals surface area contributed by atoms with Crippen molar-refractivity contribution in [3.63, 3.8) is 0 Å². The number of ketones is 1. The number of benzene rings is 1. The van der Waals surface area contributed by atoms with E-state index in [9.17, 15) is 18.0 Å². The van der Waals surface area contributed by atoms with Crippen LogP contribution in [0.15, 0.2) is 23.8 Å². The number of halogens is 3. The summed E-state index contributed by atoms with van der Waals surface area (Å²) in [5.41, 5.74) is -2.80. The van der Waals surface area contributed by atoms with Gasteiger partial charge in [-0.2, -0.15) is 10.5 Å². The molecule has 0 spiro atoms. The lowest BCUT2D eigenvalue weighted by Crippen LogP contribution is -2.02. The van der Waals surface area contributed by atoms with Gasteiger partial charge in [0.2, 0.25) is 0 Å². The van der Waals surface area contributed by atoms with E-state index in [4.69, 9.17) is 10.5 Å². The number of Topliss-reactive ketones (excluding diaryl/α,β-unsaturated/α-hetero) is 1. The highest BCUT2D eigenvalue weighted by Gasteiger charge is 2.37. The first-order valence-corrected chi connectivity index (χ1v) is 4.90. The van der Waals surface area contributed by atoms with Gasteiger partial charge in [-0.15, -0.1) is 0 Å². The number of hydrogen-bond acceptors (Lipinski definition) is 3. The topological polar surface area (TPSA) is 64.7 Å². The molecule has 6 heteroatoms. The number of carbonyl (C=O) groups is 1. The molecule has 0 unspecified atom stereocenters. The Hall–Kier alpha value is -2.86. The SMILES string of the molecule is C=C1C(=O)c2c(F)c(F)cc(F)c2C1=C(C#N)C#N. The maximum absolute atomic E-state index is 13.7. The Kier molecular flexibility index (Phi) is 2.72. The van der Waals surface area contributed by atoms with Crippen molar-refractivity contribution in [2.24, 2.45) is 0 Å². The van der Waals surface area contributed by atoms with E-state index in [0.717, 1.165) is 0 Å². The van der Waals surface area contributed by atoms with E-state index in [1.807, 2.05) is 0 Å². The monoisotopic (exact) mass is 260 g/mol. The Bertz CT molecular complexity index is 748. The van der Waals surface area contributed by atoms with E-state index in [2.05, 4.69) is 6.58 Å². The van der Waals surface area contributed by atoms with Gasteiger partial charge in [0, 0.05) is 22.8 Å². The zero-order chi connectivity index (χ0) is 14.3. The predicted molar refractivity (Wildman–Crippen MR) is 57.9 cm³/mol. The average molecular weight is 260 g/mol. The normalized spacial score (nSPS) is 13.0. The van der Waals surface area contributed by atoms with E-state index in [0.29, 0.717) is 0 Å². The smallest absolute Gasteiger partial charge is 0.196 e. The Balaban J connectivity index is 3.00. The molecule has 0 bridgehead atoms. The van der Waals surface area contributed by atoms with E-state index in [1.165, 1.54) is 12.1 Å². The molecular weight excluding hydrogens is 257 g/mol.